The van der Waals surface area contributed by atoms with Gasteiger partial charge in [-0.2, -0.15) is 0 Å². The Morgan fingerprint density at radius 2 is 2.18 bits per heavy atom. The van der Waals surface area contributed by atoms with Crippen LogP contribution in [0.1, 0.15) is 19.3 Å². The lowest BCUT2D eigenvalue weighted by atomic mass is 9.92. The molecule has 1 aliphatic heterocycles. The van der Waals surface area contributed by atoms with Gasteiger partial charge in [0.1, 0.15) is 6.61 Å². The molecule has 0 saturated carbocycles. The summed E-state index contributed by atoms with van der Waals surface area (Å²) < 4.78 is 5.41. The summed E-state index contributed by atoms with van der Waals surface area (Å²) in [5.74, 6) is 1.08. The van der Waals surface area contributed by atoms with Gasteiger partial charge < -0.3 is 16.2 Å². The standard InChI is InChI=1S/C8H14N2O/c9-5-1-2-6-7(10)4-11-8(6)3-5/h5,7H,1-4,9-10H2/t5-,7-/m0/s1. The van der Waals surface area contributed by atoms with Crippen molar-refractivity contribution in [3.8, 4) is 0 Å². The van der Waals surface area contributed by atoms with E-state index in [0.717, 1.165) is 25.0 Å². The quantitative estimate of drug-likeness (QED) is 0.520. The van der Waals surface area contributed by atoms with E-state index in [1.54, 1.807) is 0 Å². The number of rotatable bonds is 0. The molecule has 2 rings (SSSR count). The molecule has 3 heteroatoms. The van der Waals surface area contributed by atoms with Gasteiger partial charge in [0, 0.05) is 12.5 Å². The fraction of sp³-hybridized carbons (Fsp3) is 0.750. The van der Waals surface area contributed by atoms with E-state index in [1.165, 1.54) is 5.57 Å². The maximum absolute atomic E-state index is 5.81. The molecule has 3 nitrogen and oxygen atoms in total. The van der Waals surface area contributed by atoms with Crippen LogP contribution in [0.5, 0.6) is 0 Å². The topological polar surface area (TPSA) is 61.3 Å². The summed E-state index contributed by atoms with van der Waals surface area (Å²) in [6.07, 6.45) is 3.00. The highest BCUT2D eigenvalue weighted by Crippen LogP contribution is 2.31. The summed E-state index contributed by atoms with van der Waals surface area (Å²) in [6.45, 7) is 0.664. The summed E-state index contributed by atoms with van der Waals surface area (Å²) >= 11 is 0. The molecule has 62 valence electrons. The number of hydrogen-bond acceptors (Lipinski definition) is 3. The lowest BCUT2D eigenvalue weighted by Crippen LogP contribution is -2.28. The minimum absolute atomic E-state index is 0.150. The summed E-state index contributed by atoms with van der Waals surface area (Å²) in [5.41, 5.74) is 12.9. The highest BCUT2D eigenvalue weighted by molar-refractivity contribution is 5.23. The van der Waals surface area contributed by atoms with Crippen molar-refractivity contribution in [1.29, 1.82) is 0 Å². The van der Waals surface area contributed by atoms with Crippen molar-refractivity contribution in [1.82, 2.24) is 0 Å². The summed E-state index contributed by atoms with van der Waals surface area (Å²) in [7, 11) is 0. The second-order valence-electron chi connectivity index (χ2n) is 3.37. The molecule has 0 aromatic rings. The minimum atomic E-state index is 0.150. The molecular weight excluding hydrogens is 140 g/mol. The van der Waals surface area contributed by atoms with Crippen LogP contribution < -0.4 is 11.5 Å². The predicted octanol–water partition coefficient (Wildman–Crippen LogP) is 0.109. The third-order valence-electron chi connectivity index (χ3n) is 2.47. The molecule has 1 heterocycles. The maximum Gasteiger partial charge on any atom is 0.107 e. The van der Waals surface area contributed by atoms with Gasteiger partial charge in [-0.05, 0) is 18.4 Å². The Labute approximate surface area is 66.4 Å². The molecule has 4 N–H and O–H groups in total. The van der Waals surface area contributed by atoms with E-state index in [-0.39, 0.29) is 6.04 Å². The Hall–Kier alpha value is -0.540. The second-order valence-corrected chi connectivity index (χ2v) is 3.37. The minimum Gasteiger partial charge on any atom is -0.496 e. The molecule has 0 bridgehead atoms. The van der Waals surface area contributed by atoms with Crippen LogP contribution in [-0.4, -0.2) is 18.7 Å². The molecular formula is C8H14N2O. The van der Waals surface area contributed by atoms with Crippen LogP contribution in [0, 0.1) is 0 Å². The molecule has 1 aliphatic carbocycles. The van der Waals surface area contributed by atoms with E-state index in [2.05, 4.69) is 0 Å². The van der Waals surface area contributed by atoms with Gasteiger partial charge in [-0.15, -0.1) is 0 Å². The van der Waals surface area contributed by atoms with Gasteiger partial charge >= 0.3 is 0 Å². The van der Waals surface area contributed by atoms with Crippen LogP contribution in [-0.2, 0) is 4.74 Å². The molecule has 0 spiro atoms. The van der Waals surface area contributed by atoms with Crippen molar-refractivity contribution in [3.63, 3.8) is 0 Å². The molecule has 2 atom stereocenters. The largest absolute Gasteiger partial charge is 0.496 e. The molecule has 0 radical (unpaired) electrons. The average molecular weight is 154 g/mol. The summed E-state index contributed by atoms with van der Waals surface area (Å²) in [5, 5.41) is 0. The smallest absolute Gasteiger partial charge is 0.107 e. The average Bonchev–Trinajstić information content (AvgIpc) is 2.32. The van der Waals surface area contributed by atoms with E-state index in [1.807, 2.05) is 0 Å². The van der Waals surface area contributed by atoms with E-state index in [9.17, 15) is 0 Å². The Morgan fingerprint density at radius 1 is 1.36 bits per heavy atom. The molecule has 0 fully saturated rings. The Kier molecular flexibility index (Phi) is 1.62. The van der Waals surface area contributed by atoms with Gasteiger partial charge in [0.25, 0.3) is 0 Å². The summed E-state index contributed by atoms with van der Waals surface area (Å²) in [4.78, 5) is 0. The van der Waals surface area contributed by atoms with E-state index in [0.29, 0.717) is 12.6 Å². The van der Waals surface area contributed by atoms with Crippen molar-refractivity contribution >= 4 is 0 Å². The van der Waals surface area contributed by atoms with Gasteiger partial charge in [0.05, 0.1) is 11.8 Å². The number of hydrogen-bond donors (Lipinski definition) is 2. The first kappa shape index (κ1) is 7.13. The van der Waals surface area contributed by atoms with Crippen LogP contribution in [0.4, 0.5) is 0 Å². The molecule has 0 amide bonds. The van der Waals surface area contributed by atoms with Gasteiger partial charge in [-0.25, -0.2) is 0 Å². The first-order chi connectivity index (χ1) is 5.27. The number of nitrogens with two attached hydrogens (primary N) is 2. The van der Waals surface area contributed by atoms with Crippen LogP contribution in [0.2, 0.25) is 0 Å². The Balaban J connectivity index is 2.17. The highest BCUT2D eigenvalue weighted by Gasteiger charge is 2.28. The Bertz CT molecular complexity index is 200. The molecule has 0 unspecified atom stereocenters. The highest BCUT2D eigenvalue weighted by atomic mass is 16.5. The third-order valence-corrected chi connectivity index (χ3v) is 2.47. The van der Waals surface area contributed by atoms with Crippen molar-refractivity contribution in [2.24, 2.45) is 11.5 Å². The first-order valence-electron chi connectivity index (χ1n) is 4.13. The fourth-order valence-corrected chi connectivity index (χ4v) is 1.79. The SMILES string of the molecule is N[C@H]1CCC2=C(C1)OC[C@@H]2N. The van der Waals surface area contributed by atoms with Crippen molar-refractivity contribution in [2.45, 2.75) is 31.3 Å². The number of ether oxygens (including phenoxy) is 1. The van der Waals surface area contributed by atoms with Gasteiger partial charge in [-0.1, -0.05) is 0 Å². The zero-order valence-corrected chi connectivity index (χ0v) is 6.55. The van der Waals surface area contributed by atoms with Crippen molar-refractivity contribution in [2.75, 3.05) is 6.61 Å². The van der Waals surface area contributed by atoms with Crippen molar-refractivity contribution in [3.05, 3.63) is 11.3 Å². The van der Waals surface area contributed by atoms with Gasteiger partial charge in [0.15, 0.2) is 0 Å². The fourth-order valence-electron chi connectivity index (χ4n) is 1.79. The molecule has 2 aliphatic rings. The first-order valence-corrected chi connectivity index (χ1v) is 4.13. The van der Waals surface area contributed by atoms with Crippen LogP contribution in [0.25, 0.3) is 0 Å². The molecule has 0 aromatic heterocycles. The second kappa shape index (κ2) is 2.50. The van der Waals surface area contributed by atoms with Crippen LogP contribution >= 0.6 is 0 Å². The Morgan fingerprint density at radius 3 is 3.00 bits per heavy atom. The third kappa shape index (κ3) is 1.14. The van der Waals surface area contributed by atoms with Crippen LogP contribution in [0.3, 0.4) is 0 Å². The zero-order valence-electron chi connectivity index (χ0n) is 6.55. The van der Waals surface area contributed by atoms with Gasteiger partial charge in [-0.3, -0.25) is 0 Å². The van der Waals surface area contributed by atoms with Crippen molar-refractivity contribution < 1.29 is 4.74 Å². The maximum atomic E-state index is 5.81. The summed E-state index contributed by atoms with van der Waals surface area (Å²) in [6, 6.07) is 0.441. The van der Waals surface area contributed by atoms with E-state index < -0.39 is 0 Å². The molecule has 0 aromatic carbocycles. The lowest BCUT2D eigenvalue weighted by molar-refractivity contribution is 0.219. The molecule has 11 heavy (non-hydrogen) atoms. The van der Waals surface area contributed by atoms with E-state index >= 15 is 0 Å². The van der Waals surface area contributed by atoms with E-state index in [4.69, 9.17) is 16.2 Å². The van der Waals surface area contributed by atoms with Crippen LogP contribution in [0.15, 0.2) is 11.3 Å². The monoisotopic (exact) mass is 154 g/mol. The normalized spacial score (nSPS) is 36.9. The zero-order chi connectivity index (χ0) is 7.84. The molecule has 0 saturated heterocycles. The predicted molar refractivity (Wildman–Crippen MR) is 42.8 cm³/mol. The lowest BCUT2D eigenvalue weighted by Gasteiger charge is -2.19. The van der Waals surface area contributed by atoms with Gasteiger partial charge in [0.2, 0.25) is 0 Å².